The Kier molecular flexibility index (Phi) is 4.59. The van der Waals surface area contributed by atoms with Crippen molar-refractivity contribution in [1.29, 1.82) is 0 Å². The molecule has 1 atom stereocenters. The first-order valence-electron chi connectivity index (χ1n) is 5.08. The molecule has 0 saturated carbocycles. The van der Waals surface area contributed by atoms with Crippen LogP contribution in [0.1, 0.15) is 6.92 Å². The Morgan fingerprint density at radius 3 is 2.76 bits per heavy atom. The number of halogens is 1. The molecule has 4 N–H and O–H groups in total. The van der Waals surface area contributed by atoms with Crippen molar-refractivity contribution in [2.45, 2.75) is 13.0 Å². The van der Waals surface area contributed by atoms with E-state index in [-0.39, 0.29) is 6.54 Å². The fourth-order valence-electron chi connectivity index (χ4n) is 1.10. The van der Waals surface area contributed by atoms with E-state index in [0.29, 0.717) is 5.69 Å². The van der Waals surface area contributed by atoms with Crippen molar-refractivity contribution >= 4 is 17.5 Å². The number of anilines is 1. The van der Waals surface area contributed by atoms with Crippen molar-refractivity contribution in [1.82, 2.24) is 5.32 Å². The number of nitrogens with two attached hydrogens (primary N) is 1. The molecular weight excluding hydrogens is 225 g/mol. The van der Waals surface area contributed by atoms with E-state index < -0.39 is 23.7 Å². The minimum atomic E-state index is -0.669. The number of carbonyl (C=O) groups excluding carboxylic acids is 2. The Morgan fingerprint density at radius 1 is 1.47 bits per heavy atom. The summed E-state index contributed by atoms with van der Waals surface area (Å²) in [5, 5.41) is 4.79. The summed E-state index contributed by atoms with van der Waals surface area (Å²) in [5.41, 5.74) is 5.64. The van der Waals surface area contributed by atoms with Crippen LogP contribution in [0.4, 0.5) is 10.1 Å². The van der Waals surface area contributed by atoms with Gasteiger partial charge in [0.2, 0.25) is 11.8 Å². The van der Waals surface area contributed by atoms with Gasteiger partial charge >= 0.3 is 0 Å². The maximum absolute atomic E-state index is 12.8. The molecule has 0 fully saturated rings. The zero-order valence-electron chi connectivity index (χ0n) is 9.37. The van der Waals surface area contributed by atoms with Crippen LogP contribution in [0.2, 0.25) is 0 Å². The standard InChI is InChI=1S/C11H14FN3O2/c1-7(13)11(17)14-6-10(16)15-9-4-2-3-8(12)5-9/h2-5,7H,6,13H2,1H3,(H,14,17)(H,15,16)/t7-/m1/s1. The highest BCUT2D eigenvalue weighted by atomic mass is 19.1. The number of hydrogen-bond acceptors (Lipinski definition) is 3. The SMILES string of the molecule is C[C@@H](N)C(=O)NCC(=O)Nc1cccc(F)c1. The molecule has 0 heterocycles. The van der Waals surface area contributed by atoms with Gasteiger partial charge in [-0.25, -0.2) is 4.39 Å². The molecule has 0 unspecified atom stereocenters. The van der Waals surface area contributed by atoms with Gasteiger partial charge in [0.05, 0.1) is 12.6 Å². The van der Waals surface area contributed by atoms with E-state index >= 15 is 0 Å². The van der Waals surface area contributed by atoms with E-state index in [0.717, 1.165) is 0 Å². The Labute approximate surface area is 98.2 Å². The molecule has 0 spiro atoms. The molecule has 0 aliphatic carbocycles. The Morgan fingerprint density at radius 2 is 2.18 bits per heavy atom. The van der Waals surface area contributed by atoms with E-state index in [9.17, 15) is 14.0 Å². The van der Waals surface area contributed by atoms with Crippen LogP contribution in [-0.4, -0.2) is 24.4 Å². The van der Waals surface area contributed by atoms with Crippen LogP contribution in [0.3, 0.4) is 0 Å². The summed E-state index contributed by atoms with van der Waals surface area (Å²) in [5.74, 6) is -1.30. The molecule has 0 saturated heterocycles. The van der Waals surface area contributed by atoms with Crippen LogP contribution in [0.25, 0.3) is 0 Å². The van der Waals surface area contributed by atoms with Gasteiger partial charge in [-0.15, -0.1) is 0 Å². The van der Waals surface area contributed by atoms with Crippen LogP contribution in [0, 0.1) is 5.82 Å². The van der Waals surface area contributed by atoms with Crippen molar-refractivity contribution in [2.24, 2.45) is 5.73 Å². The minimum absolute atomic E-state index is 0.198. The van der Waals surface area contributed by atoms with Crippen LogP contribution in [-0.2, 0) is 9.59 Å². The molecule has 0 radical (unpaired) electrons. The summed E-state index contributed by atoms with van der Waals surface area (Å²) in [4.78, 5) is 22.4. The first-order valence-corrected chi connectivity index (χ1v) is 5.08. The summed E-state index contributed by atoms with van der Waals surface area (Å²) in [6, 6.07) is 4.82. The molecule has 0 aliphatic heterocycles. The lowest BCUT2D eigenvalue weighted by Crippen LogP contribution is -2.41. The van der Waals surface area contributed by atoms with Crippen LogP contribution < -0.4 is 16.4 Å². The first-order chi connectivity index (χ1) is 7.99. The molecular formula is C11H14FN3O2. The summed E-state index contributed by atoms with van der Waals surface area (Å²) in [7, 11) is 0. The summed E-state index contributed by atoms with van der Waals surface area (Å²) >= 11 is 0. The minimum Gasteiger partial charge on any atom is -0.346 e. The van der Waals surface area contributed by atoms with Gasteiger partial charge in [-0.3, -0.25) is 9.59 Å². The fourth-order valence-corrected chi connectivity index (χ4v) is 1.10. The topological polar surface area (TPSA) is 84.2 Å². The van der Waals surface area contributed by atoms with E-state index in [4.69, 9.17) is 5.73 Å². The van der Waals surface area contributed by atoms with Gasteiger partial charge in [0.25, 0.3) is 0 Å². The molecule has 0 aromatic heterocycles. The van der Waals surface area contributed by atoms with Crippen molar-refractivity contribution < 1.29 is 14.0 Å². The zero-order valence-corrected chi connectivity index (χ0v) is 9.37. The molecule has 0 bridgehead atoms. The van der Waals surface area contributed by atoms with Crippen LogP contribution >= 0.6 is 0 Å². The maximum Gasteiger partial charge on any atom is 0.243 e. The van der Waals surface area contributed by atoms with E-state index in [1.165, 1.54) is 25.1 Å². The van der Waals surface area contributed by atoms with Crippen molar-refractivity contribution in [3.8, 4) is 0 Å². The molecule has 2 amide bonds. The van der Waals surface area contributed by atoms with Crippen molar-refractivity contribution in [3.63, 3.8) is 0 Å². The zero-order chi connectivity index (χ0) is 12.8. The van der Waals surface area contributed by atoms with Gasteiger partial charge < -0.3 is 16.4 Å². The second-order valence-corrected chi connectivity index (χ2v) is 3.57. The fraction of sp³-hybridized carbons (Fsp3) is 0.273. The van der Waals surface area contributed by atoms with Gasteiger partial charge in [0.1, 0.15) is 5.82 Å². The van der Waals surface area contributed by atoms with Crippen molar-refractivity contribution in [3.05, 3.63) is 30.1 Å². The third kappa shape index (κ3) is 4.60. The lowest BCUT2D eigenvalue weighted by molar-refractivity contribution is -0.124. The van der Waals surface area contributed by atoms with Gasteiger partial charge in [0, 0.05) is 5.69 Å². The smallest absolute Gasteiger partial charge is 0.243 e. The average molecular weight is 239 g/mol. The predicted octanol–water partition coefficient (Wildman–Crippen LogP) is 0.228. The van der Waals surface area contributed by atoms with E-state index in [1.54, 1.807) is 6.07 Å². The molecule has 1 aromatic rings. The highest BCUT2D eigenvalue weighted by Crippen LogP contribution is 2.08. The monoisotopic (exact) mass is 239 g/mol. The quantitative estimate of drug-likeness (QED) is 0.703. The number of nitrogens with one attached hydrogen (secondary N) is 2. The molecule has 0 aliphatic rings. The third-order valence-corrected chi connectivity index (χ3v) is 1.95. The molecule has 1 rings (SSSR count). The number of rotatable bonds is 4. The summed E-state index contributed by atoms with van der Waals surface area (Å²) < 4.78 is 12.8. The number of carbonyl (C=O) groups is 2. The van der Waals surface area contributed by atoms with Crippen LogP contribution in [0.5, 0.6) is 0 Å². The van der Waals surface area contributed by atoms with Crippen LogP contribution in [0.15, 0.2) is 24.3 Å². The molecule has 17 heavy (non-hydrogen) atoms. The van der Waals surface area contributed by atoms with Gasteiger partial charge in [-0.05, 0) is 25.1 Å². The molecule has 6 heteroatoms. The normalized spacial score (nSPS) is 11.7. The second-order valence-electron chi connectivity index (χ2n) is 3.57. The Bertz CT molecular complexity index is 421. The lowest BCUT2D eigenvalue weighted by Gasteiger charge is -2.08. The van der Waals surface area contributed by atoms with Gasteiger partial charge in [-0.2, -0.15) is 0 Å². The van der Waals surface area contributed by atoms with Gasteiger partial charge in [0.15, 0.2) is 0 Å². The summed E-state index contributed by atoms with van der Waals surface area (Å²) in [6.07, 6.45) is 0. The molecule has 5 nitrogen and oxygen atoms in total. The molecule has 92 valence electrons. The molecule has 1 aromatic carbocycles. The average Bonchev–Trinajstić information content (AvgIpc) is 2.25. The van der Waals surface area contributed by atoms with Gasteiger partial charge in [-0.1, -0.05) is 6.07 Å². The highest BCUT2D eigenvalue weighted by molar-refractivity contribution is 5.95. The predicted molar refractivity (Wildman–Crippen MR) is 61.7 cm³/mol. The highest BCUT2D eigenvalue weighted by Gasteiger charge is 2.09. The Balaban J connectivity index is 2.43. The summed E-state index contributed by atoms with van der Waals surface area (Å²) in [6.45, 7) is 1.32. The maximum atomic E-state index is 12.8. The third-order valence-electron chi connectivity index (χ3n) is 1.95. The van der Waals surface area contributed by atoms with E-state index in [1.807, 2.05) is 0 Å². The Hall–Kier alpha value is -1.95. The van der Waals surface area contributed by atoms with E-state index in [2.05, 4.69) is 10.6 Å². The van der Waals surface area contributed by atoms with Crippen molar-refractivity contribution in [2.75, 3.05) is 11.9 Å². The first kappa shape index (κ1) is 13.1. The lowest BCUT2D eigenvalue weighted by atomic mass is 10.3. The number of amides is 2. The number of benzene rings is 1. The second kappa shape index (κ2) is 5.95. The largest absolute Gasteiger partial charge is 0.346 e. The number of hydrogen-bond donors (Lipinski definition) is 3.